The molecule has 5 nitrogen and oxygen atoms in total. The summed E-state index contributed by atoms with van der Waals surface area (Å²) >= 11 is 1.71. The lowest BCUT2D eigenvalue weighted by atomic mass is 10.1. The summed E-state index contributed by atoms with van der Waals surface area (Å²) in [5, 5.41) is 6.69. The van der Waals surface area contributed by atoms with Crippen LogP contribution in [0.2, 0.25) is 0 Å². The number of methoxy groups -OCH3 is 1. The lowest BCUT2D eigenvalue weighted by Gasteiger charge is -2.13. The number of esters is 1. The van der Waals surface area contributed by atoms with Gasteiger partial charge in [-0.1, -0.05) is 19.1 Å². The number of aromatic nitrogens is 1. The molecule has 0 aliphatic heterocycles. The van der Waals surface area contributed by atoms with Crippen LogP contribution < -0.4 is 10.1 Å². The fraction of sp³-hybridized carbons (Fsp3) is 0.444. The van der Waals surface area contributed by atoms with Crippen LogP contribution in [0.5, 0.6) is 5.75 Å². The molecule has 0 bridgehead atoms. The van der Waals surface area contributed by atoms with E-state index < -0.39 is 0 Å². The standard InChI is InChI=1S/C18H24N2O3S/c1-5-16-20-15(11-24-16)9-19-8-14-6-12(2)18(13(3)7-14)23-10-17(21)22-4/h6-7,11,19H,5,8-10H2,1-4H3. The SMILES string of the molecule is CCc1nc(CNCc2cc(C)c(OCC(=O)OC)c(C)c2)cs1. The van der Waals surface area contributed by atoms with Gasteiger partial charge >= 0.3 is 5.97 Å². The van der Waals surface area contributed by atoms with E-state index in [2.05, 4.69) is 39.5 Å². The lowest BCUT2D eigenvalue weighted by molar-refractivity contribution is -0.142. The van der Waals surface area contributed by atoms with Gasteiger partial charge in [-0.3, -0.25) is 0 Å². The van der Waals surface area contributed by atoms with Crippen molar-refractivity contribution in [3.05, 3.63) is 44.9 Å². The first-order chi connectivity index (χ1) is 11.5. The highest BCUT2D eigenvalue weighted by molar-refractivity contribution is 7.09. The third-order valence-electron chi connectivity index (χ3n) is 3.62. The second-order valence-corrected chi connectivity index (χ2v) is 6.56. The van der Waals surface area contributed by atoms with Gasteiger partial charge in [0.1, 0.15) is 5.75 Å². The molecule has 0 aliphatic carbocycles. The Kier molecular flexibility index (Phi) is 6.75. The van der Waals surface area contributed by atoms with Gasteiger partial charge in [-0.15, -0.1) is 11.3 Å². The Labute approximate surface area is 147 Å². The van der Waals surface area contributed by atoms with Crippen molar-refractivity contribution in [1.29, 1.82) is 0 Å². The predicted molar refractivity (Wildman–Crippen MR) is 95.5 cm³/mol. The normalized spacial score (nSPS) is 10.7. The Bertz CT molecular complexity index is 674. The maximum Gasteiger partial charge on any atom is 0.343 e. The summed E-state index contributed by atoms with van der Waals surface area (Å²) in [5.41, 5.74) is 4.29. The monoisotopic (exact) mass is 348 g/mol. The minimum absolute atomic E-state index is 0.0701. The van der Waals surface area contributed by atoms with Crippen molar-refractivity contribution in [1.82, 2.24) is 10.3 Å². The van der Waals surface area contributed by atoms with E-state index in [1.165, 1.54) is 17.7 Å². The molecule has 0 spiro atoms. The highest BCUT2D eigenvalue weighted by Gasteiger charge is 2.09. The molecule has 1 aromatic carbocycles. The van der Waals surface area contributed by atoms with Crippen molar-refractivity contribution in [3.63, 3.8) is 0 Å². The zero-order valence-corrected chi connectivity index (χ0v) is 15.5. The molecular weight excluding hydrogens is 324 g/mol. The first-order valence-electron chi connectivity index (χ1n) is 7.97. The molecule has 1 N–H and O–H groups in total. The zero-order chi connectivity index (χ0) is 17.5. The van der Waals surface area contributed by atoms with Gasteiger partial charge < -0.3 is 14.8 Å². The minimum atomic E-state index is -0.380. The molecule has 0 saturated carbocycles. The van der Waals surface area contributed by atoms with Crippen molar-refractivity contribution >= 4 is 17.3 Å². The van der Waals surface area contributed by atoms with Gasteiger partial charge in [0.15, 0.2) is 6.61 Å². The Morgan fingerprint density at radius 2 is 1.96 bits per heavy atom. The number of ether oxygens (including phenoxy) is 2. The molecule has 1 aromatic heterocycles. The van der Waals surface area contributed by atoms with Crippen molar-refractivity contribution in [2.75, 3.05) is 13.7 Å². The summed E-state index contributed by atoms with van der Waals surface area (Å²) < 4.78 is 10.2. The molecule has 130 valence electrons. The zero-order valence-electron chi connectivity index (χ0n) is 14.6. The van der Waals surface area contributed by atoms with E-state index >= 15 is 0 Å². The largest absolute Gasteiger partial charge is 0.481 e. The highest BCUT2D eigenvalue weighted by Crippen LogP contribution is 2.25. The quantitative estimate of drug-likeness (QED) is 0.743. The van der Waals surface area contributed by atoms with Crippen LogP contribution in [0.25, 0.3) is 0 Å². The summed E-state index contributed by atoms with van der Waals surface area (Å²) in [4.78, 5) is 15.8. The van der Waals surface area contributed by atoms with E-state index in [0.29, 0.717) is 0 Å². The number of aryl methyl sites for hydroxylation is 3. The Morgan fingerprint density at radius 1 is 1.25 bits per heavy atom. The second kappa shape index (κ2) is 8.80. The maximum absolute atomic E-state index is 11.2. The Morgan fingerprint density at radius 3 is 2.54 bits per heavy atom. The van der Waals surface area contributed by atoms with Gasteiger partial charge in [0.05, 0.1) is 17.8 Å². The van der Waals surface area contributed by atoms with Gasteiger partial charge in [0, 0.05) is 18.5 Å². The molecule has 0 saturated heterocycles. The number of thiazole rings is 1. The van der Waals surface area contributed by atoms with Crippen LogP contribution >= 0.6 is 11.3 Å². The van der Waals surface area contributed by atoms with Crippen LogP contribution in [0.15, 0.2) is 17.5 Å². The van der Waals surface area contributed by atoms with Crippen molar-refractivity contribution in [3.8, 4) is 5.75 Å². The van der Waals surface area contributed by atoms with E-state index in [1.807, 2.05) is 13.8 Å². The third kappa shape index (κ3) is 5.04. The number of carbonyl (C=O) groups is 1. The summed E-state index contributed by atoms with van der Waals surface area (Å²) in [6, 6.07) is 4.15. The summed E-state index contributed by atoms with van der Waals surface area (Å²) in [6.07, 6.45) is 0.982. The fourth-order valence-electron chi connectivity index (χ4n) is 2.49. The molecule has 1 heterocycles. The topological polar surface area (TPSA) is 60.5 Å². The second-order valence-electron chi connectivity index (χ2n) is 5.61. The van der Waals surface area contributed by atoms with Gasteiger partial charge in [-0.25, -0.2) is 9.78 Å². The first kappa shape index (κ1) is 18.4. The lowest BCUT2D eigenvalue weighted by Crippen LogP contribution is -2.15. The molecule has 2 rings (SSSR count). The van der Waals surface area contributed by atoms with Crippen LogP contribution in [0, 0.1) is 13.8 Å². The van der Waals surface area contributed by atoms with Crippen LogP contribution in [0.4, 0.5) is 0 Å². The summed E-state index contributed by atoms with van der Waals surface area (Å²) in [5.74, 6) is 0.366. The number of rotatable bonds is 8. The molecule has 0 fully saturated rings. The average molecular weight is 348 g/mol. The average Bonchev–Trinajstić information content (AvgIpc) is 3.01. The van der Waals surface area contributed by atoms with E-state index in [0.717, 1.165) is 42.1 Å². The maximum atomic E-state index is 11.2. The molecule has 0 atom stereocenters. The van der Waals surface area contributed by atoms with E-state index in [1.54, 1.807) is 11.3 Å². The summed E-state index contributed by atoms with van der Waals surface area (Å²) in [6.45, 7) is 7.53. The number of hydrogen-bond acceptors (Lipinski definition) is 6. The van der Waals surface area contributed by atoms with Crippen molar-refractivity contribution in [2.45, 2.75) is 40.3 Å². The van der Waals surface area contributed by atoms with Crippen LogP contribution in [-0.4, -0.2) is 24.7 Å². The van der Waals surface area contributed by atoms with Crippen LogP contribution in [0.1, 0.15) is 34.3 Å². The molecule has 0 unspecified atom stereocenters. The van der Waals surface area contributed by atoms with Gasteiger partial charge in [-0.2, -0.15) is 0 Å². The van der Waals surface area contributed by atoms with Gasteiger partial charge in [0.2, 0.25) is 0 Å². The third-order valence-corrected chi connectivity index (χ3v) is 4.66. The van der Waals surface area contributed by atoms with Crippen LogP contribution in [0.3, 0.4) is 0 Å². The highest BCUT2D eigenvalue weighted by atomic mass is 32.1. The number of nitrogens with zero attached hydrogens (tertiary/aromatic N) is 1. The fourth-order valence-corrected chi connectivity index (χ4v) is 3.23. The number of hydrogen-bond donors (Lipinski definition) is 1. The Balaban J connectivity index is 1.92. The van der Waals surface area contributed by atoms with Crippen molar-refractivity contribution in [2.24, 2.45) is 0 Å². The van der Waals surface area contributed by atoms with E-state index in [4.69, 9.17) is 4.74 Å². The number of benzene rings is 1. The molecule has 0 aliphatic rings. The summed E-state index contributed by atoms with van der Waals surface area (Å²) in [7, 11) is 1.35. The molecule has 6 heteroatoms. The number of carbonyl (C=O) groups excluding carboxylic acids is 1. The molecule has 24 heavy (non-hydrogen) atoms. The molecule has 2 aromatic rings. The first-order valence-corrected chi connectivity index (χ1v) is 8.85. The molecule has 0 amide bonds. The minimum Gasteiger partial charge on any atom is -0.481 e. The Hall–Kier alpha value is -1.92. The van der Waals surface area contributed by atoms with E-state index in [9.17, 15) is 4.79 Å². The smallest absolute Gasteiger partial charge is 0.343 e. The molecular formula is C18H24N2O3S. The predicted octanol–water partition coefficient (Wildman–Crippen LogP) is 3.16. The van der Waals surface area contributed by atoms with E-state index in [-0.39, 0.29) is 12.6 Å². The molecule has 0 radical (unpaired) electrons. The van der Waals surface area contributed by atoms with Crippen LogP contribution in [-0.2, 0) is 29.0 Å². The van der Waals surface area contributed by atoms with Crippen molar-refractivity contribution < 1.29 is 14.3 Å². The van der Waals surface area contributed by atoms with Gasteiger partial charge in [-0.05, 0) is 37.0 Å². The van der Waals surface area contributed by atoms with Gasteiger partial charge in [0.25, 0.3) is 0 Å². The number of nitrogens with one attached hydrogen (secondary N) is 1.